The Bertz CT molecular complexity index is 872. The molecule has 0 saturated carbocycles. The Labute approximate surface area is 154 Å². The molecule has 0 heterocycles. The van der Waals surface area contributed by atoms with Gasteiger partial charge in [-0.3, -0.25) is 4.79 Å². The van der Waals surface area contributed by atoms with Crippen molar-refractivity contribution in [2.45, 2.75) is 0 Å². The van der Waals surface area contributed by atoms with E-state index in [1.807, 2.05) is 0 Å². The van der Waals surface area contributed by atoms with Crippen molar-refractivity contribution >= 4 is 29.6 Å². The van der Waals surface area contributed by atoms with Gasteiger partial charge in [0.05, 0.1) is 7.11 Å². The molecule has 0 fully saturated rings. The molecule has 0 aliphatic rings. The summed E-state index contributed by atoms with van der Waals surface area (Å²) in [4.78, 5) is 33.5. The molecule has 27 heavy (non-hydrogen) atoms. The Morgan fingerprint density at radius 1 is 1.04 bits per heavy atom. The molecule has 2 rings (SSSR count). The predicted octanol–water partition coefficient (Wildman–Crippen LogP) is 2.51. The predicted molar refractivity (Wildman–Crippen MR) is 97.2 cm³/mol. The lowest BCUT2D eigenvalue weighted by molar-refractivity contribution is -0.139. The van der Waals surface area contributed by atoms with Gasteiger partial charge in [-0.1, -0.05) is 12.1 Å². The second-order valence-electron chi connectivity index (χ2n) is 5.30. The van der Waals surface area contributed by atoms with Gasteiger partial charge in [-0.15, -0.1) is 0 Å². The molecule has 140 valence electrons. The van der Waals surface area contributed by atoms with Gasteiger partial charge in [0.1, 0.15) is 0 Å². The fourth-order valence-electron chi connectivity index (χ4n) is 2.12. The monoisotopic (exact) mass is 371 g/mol. The number of anilines is 1. The standard InChI is InChI=1S/C19H17NO7/c1-26-16-10-13(5-8-15(16)27-11-18(23)24)19(25)20-14-6-2-12(3-7-14)4-9-17(21)22/h2-10H,11H2,1H3,(H,20,25)(H,21,22)(H,23,24)/b9-4+. The van der Waals surface area contributed by atoms with Crippen molar-refractivity contribution in [3.63, 3.8) is 0 Å². The largest absolute Gasteiger partial charge is 0.493 e. The Hall–Kier alpha value is -3.81. The molecule has 2 aromatic carbocycles. The number of rotatable bonds is 8. The van der Waals surface area contributed by atoms with Gasteiger partial charge < -0.3 is 25.0 Å². The molecule has 0 saturated heterocycles. The van der Waals surface area contributed by atoms with E-state index in [0.29, 0.717) is 16.8 Å². The Kier molecular flexibility index (Phi) is 6.54. The third-order valence-corrected chi connectivity index (χ3v) is 3.36. The van der Waals surface area contributed by atoms with Crippen LogP contribution in [0.5, 0.6) is 11.5 Å². The van der Waals surface area contributed by atoms with E-state index in [-0.39, 0.29) is 11.5 Å². The van der Waals surface area contributed by atoms with Crippen LogP contribution in [0, 0.1) is 0 Å². The lowest BCUT2D eigenvalue weighted by Crippen LogP contribution is -2.13. The quantitative estimate of drug-likeness (QED) is 0.609. The van der Waals surface area contributed by atoms with E-state index in [2.05, 4.69) is 5.32 Å². The Morgan fingerprint density at radius 2 is 1.74 bits per heavy atom. The summed E-state index contributed by atoms with van der Waals surface area (Å²) in [6.45, 7) is -0.523. The maximum atomic E-state index is 12.4. The lowest BCUT2D eigenvalue weighted by Gasteiger charge is -2.11. The smallest absolute Gasteiger partial charge is 0.341 e. The van der Waals surface area contributed by atoms with Crippen LogP contribution < -0.4 is 14.8 Å². The summed E-state index contributed by atoms with van der Waals surface area (Å²) in [5.74, 6) is -2.12. The molecule has 8 nitrogen and oxygen atoms in total. The molecular weight excluding hydrogens is 354 g/mol. The zero-order valence-electron chi connectivity index (χ0n) is 14.3. The van der Waals surface area contributed by atoms with Crippen LogP contribution in [0.15, 0.2) is 48.5 Å². The molecule has 0 bridgehead atoms. The van der Waals surface area contributed by atoms with E-state index in [9.17, 15) is 14.4 Å². The lowest BCUT2D eigenvalue weighted by atomic mass is 10.1. The van der Waals surface area contributed by atoms with Crippen molar-refractivity contribution in [3.8, 4) is 11.5 Å². The molecule has 0 aliphatic carbocycles. The average molecular weight is 371 g/mol. The van der Waals surface area contributed by atoms with Crippen molar-refractivity contribution in [1.82, 2.24) is 0 Å². The number of carboxylic acids is 2. The first-order valence-electron chi connectivity index (χ1n) is 7.74. The molecule has 0 atom stereocenters. The van der Waals surface area contributed by atoms with Crippen LogP contribution in [0.25, 0.3) is 6.08 Å². The minimum Gasteiger partial charge on any atom is -0.493 e. The van der Waals surface area contributed by atoms with Crippen LogP contribution in [0.4, 0.5) is 5.69 Å². The van der Waals surface area contributed by atoms with Gasteiger partial charge in [-0.05, 0) is 42.0 Å². The highest BCUT2D eigenvalue weighted by molar-refractivity contribution is 6.04. The number of carboxylic acid groups (broad SMARTS) is 2. The van der Waals surface area contributed by atoms with E-state index < -0.39 is 24.5 Å². The molecule has 0 aromatic heterocycles. The summed E-state index contributed by atoms with van der Waals surface area (Å²) in [6.07, 6.45) is 2.46. The number of carbonyl (C=O) groups is 3. The van der Waals surface area contributed by atoms with Gasteiger partial charge in [0.25, 0.3) is 5.91 Å². The average Bonchev–Trinajstić information content (AvgIpc) is 2.65. The highest BCUT2D eigenvalue weighted by Gasteiger charge is 2.12. The number of carbonyl (C=O) groups excluding carboxylic acids is 1. The van der Waals surface area contributed by atoms with Crippen LogP contribution >= 0.6 is 0 Å². The number of aliphatic carboxylic acids is 2. The topological polar surface area (TPSA) is 122 Å². The van der Waals surface area contributed by atoms with Gasteiger partial charge in [-0.2, -0.15) is 0 Å². The number of hydrogen-bond donors (Lipinski definition) is 3. The fourth-order valence-corrected chi connectivity index (χ4v) is 2.12. The maximum absolute atomic E-state index is 12.4. The second-order valence-corrected chi connectivity index (χ2v) is 5.30. The molecular formula is C19H17NO7. The highest BCUT2D eigenvalue weighted by Crippen LogP contribution is 2.28. The van der Waals surface area contributed by atoms with Crippen LogP contribution in [-0.4, -0.2) is 41.8 Å². The first-order valence-corrected chi connectivity index (χ1v) is 7.74. The minimum absolute atomic E-state index is 0.214. The maximum Gasteiger partial charge on any atom is 0.341 e. The zero-order valence-corrected chi connectivity index (χ0v) is 14.3. The highest BCUT2D eigenvalue weighted by atomic mass is 16.5. The van der Waals surface area contributed by atoms with Gasteiger partial charge >= 0.3 is 11.9 Å². The Morgan fingerprint density at radius 3 is 2.33 bits per heavy atom. The number of nitrogens with one attached hydrogen (secondary N) is 1. The number of ether oxygens (including phenoxy) is 2. The number of amides is 1. The van der Waals surface area contributed by atoms with Crippen molar-refractivity contribution in [2.75, 3.05) is 19.0 Å². The molecule has 2 aromatic rings. The van der Waals surface area contributed by atoms with Crippen molar-refractivity contribution in [2.24, 2.45) is 0 Å². The minimum atomic E-state index is -1.12. The summed E-state index contributed by atoms with van der Waals surface area (Å²) in [7, 11) is 1.38. The third-order valence-electron chi connectivity index (χ3n) is 3.36. The number of hydrogen-bond acceptors (Lipinski definition) is 5. The summed E-state index contributed by atoms with van der Waals surface area (Å²) in [5, 5.41) is 20.0. The first-order chi connectivity index (χ1) is 12.9. The summed E-state index contributed by atoms with van der Waals surface area (Å²) >= 11 is 0. The second kappa shape index (κ2) is 9.04. The van der Waals surface area contributed by atoms with Crippen LogP contribution in [0.2, 0.25) is 0 Å². The van der Waals surface area contributed by atoms with Crippen molar-refractivity contribution in [3.05, 3.63) is 59.7 Å². The summed E-state index contributed by atoms with van der Waals surface area (Å²) < 4.78 is 10.2. The molecule has 8 heteroatoms. The number of benzene rings is 2. The van der Waals surface area contributed by atoms with Gasteiger partial charge in [0.2, 0.25) is 0 Å². The number of methoxy groups -OCH3 is 1. The zero-order chi connectivity index (χ0) is 19.8. The van der Waals surface area contributed by atoms with Gasteiger partial charge in [-0.25, -0.2) is 9.59 Å². The molecule has 0 unspecified atom stereocenters. The first kappa shape index (κ1) is 19.5. The van der Waals surface area contributed by atoms with Gasteiger partial charge in [0.15, 0.2) is 18.1 Å². The van der Waals surface area contributed by atoms with Crippen LogP contribution in [0.1, 0.15) is 15.9 Å². The van der Waals surface area contributed by atoms with E-state index in [1.54, 1.807) is 24.3 Å². The molecule has 0 spiro atoms. The third kappa shape index (κ3) is 5.89. The molecule has 1 amide bonds. The van der Waals surface area contributed by atoms with Crippen molar-refractivity contribution < 1.29 is 34.1 Å². The Balaban J connectivity index is 2.08. The van der Waals surface area contributed by atoms with E-state index in [1.165, 1.54) is 31.4 Å². The normalized spacial score (nSPS) is 10.4. The van der Waals surface area contributed by atoms with E-state index >= 15 is 0 Å². The van der Waals surface area contributed by atoms with E-state index in [0.717, 1.165) is 6.08 Å². The van der Waals surface area contributed by atoms with E-state index in [4.69, 9.17) is 19.7 Å². The van der Waals surface area contributed by atoms with Crippen LogP contribution in [-0.2, 0) is 9.59 Å². The SMILES string of the molecule is COc1cc(C(=O)Nc2ccc(/C=C/C(=O)O)cc2)ccc1OCC(=O)O. The van der Waals surface area contributed by atoms with Crippen molar-refractivity contribution in [1.29, 1.82) is 0 Å². The molecule has 0 aliphatic heterocycles. The molecule has 0 radical (unpaired) electrons. The van der Waals surface area contributed by atoms with Crippen LogP contribution in [0.3, 0.4) is 0 Å². The summed E-state index contributed by atoms with van der Waals surface area (Å²) in [5.41, 5.74) is 1.50. The molecule has 3 N–H and O–H groups in total. The summed E-state index contributed by atoms with van der Waals surface area (Å²) in [6, 6.07) is 11.0. The van der Waals surface area contributed by atoms with Gasteiger partial charge in [0, 0.05) is 17.3 Å². The fraction of sp³-hybridized carbons (Fsp3) is 0.105.